The number of esters is 1. The highest BCUT2D eigenvalue weighted by Gasteiger charge is 2.35. The smallest absolute Gasteiger partial charge is 0.343 e. The zero-order chi connectivity index (χ0) is 27.2. The molecule has 1 saturated heterocycles. The van der Waals surface area contributed by atoms with E-state index in [1.165, 1.54) is 4.90 Å². The lowest BCUT2D eigenvalue weighted by atomic mass is 10.1. The first kappa shape index (κ1) is 27.3. The van der Waals surface area contributed by atoms with Crippen LogP contribution >= 0.6 is 23.4 Å². The quantitative estimate of drug-likeness (QED) is 0.166. The van der Waals surface area contributed by atoms with Crippen molar-refractivity contribution in [2.75, 3.05) is 19.8 Å². The third kappa shape index (κ3) is 6.57. The van der Waals surface area contributed by atoms with E-state index in [2.05, 4.69) is 0 Å². The van der Waals surface area contributed by atoms with Crippen molar-refractivity contribution in [1.82, 2.24) is 4.90 Å². The van der Waals surface area contributed by atoms with Crippen molar-refractivity contribution in [3.8, 4) is 17.2 Å². The van der Waals surface area contributed by atoms with Gasteiger partial charge in [0, 0.05) is 5.02 Å². The summed E-state index contributed by atoms with van der Waals surface area (Å²) in [5.74, 6) is 0.360. The summed E-state index contributed by atoms with van der Waals surface area (Å²) in [6.07, 6.45) is 1.61. The molecule has 9 heteroatoms. The molecule has 0 saturated carbocycles. The summed E-state index contributed by atoms with van der Waals surface area (Å²) in [5.41, 5.74) is 3.02. The van der Waals surface area contributed by atoms with Gasteiger partial charge in [-0.2, -0.15) is 0 Å². The Kier molecular flexibility index (Phi) is 8.76. The standard InChI is InChI=1S/C29H26ClNO6S/c1-4-35-25-16-20(7-12-23(25)37-28(33)21-8-10-22(30)11-9-21)17-26-27(32)31(29(34)38-26)13-14-36-24-15-18(2)5-6-19(24)3/h5-12,15-17H,4,13-14H2,1-3H3/b26-17-. The second-order valence-electron chi connectivity index (χ2n) is 8.49. The minimum Gasteiger partial charge on any atom is -0.491 e. The van der Waals surface area contributed by atoms with Crippen molar-refractivity contribution in [3.63, 3.8) is 0 Å². The molecule has 2 amide bonds. The minimum absolute atomic E-state index is 0.138. The van der Waals surface area contributed by atoms with Crippen LogP contribution in [0.1, 0.15) is 34.0 Å². The summed E-state index contributed by atoms with van der Waals surface area (Å²) in [6.45, 7) is 6.39. The zero-order valence-electron chi connectivity index (χ0n) is 21.2. The average molecular weight is 552 g/mol. The van der Waals surface area contributed by atoms with Gasteiger partial charge in [0.2, 0.25) is 0 Å². The van der Waals surface area contributed by atoms with Gasteiger partial charge < -0.3 is 14.2 Å². The van der Waals surface area contributed by atoms with Gasteiger partial charge in [-0.05, 0) is 97.8 Å². The number of thioether (sulfide) groups is 1. The fourth-order valence-corrected chi connectivity index (χ4v) is 4.66. The third-order valence-electron chi connectivity index (χ3n) is 5.64. The molecule has 38 heavy (non-hydrogen) atoms. The van der Waals surface area contributed by atoms with Gasteiger partial charge in [-0.25, -0.2) is 4.79 Å². The third-order valence-corrected chi connectivity index (χ3v) is 6.80. The molecule has 1 fully saturated rings. The number of ether oxygens (including phenoxy) is 3. The largest absolute Gasteiger partial charge is 0.491 e. The second kappa shape index (κ2) is 12.2. The van der Waals surface area contributed by atoms with Crippen LogP contribution in [0.3, 0.4) is 0 Å². The summed E-state index contributed by atoms with van der Waals surface area (Å²) in [7, 11) is 0. The number of hydrogen-bond donors (Lipinski definition) is 0. The lowest BCUT2D eigenvalue weighted by Crippen LogP contribution is -2.32. The van der Waals surface area contributed by atoms with Crippen molar-refractivity contribution in [2.45, 2.75) is 20.8 Å². The molecule has 3 aromatic rings. The molecule has 0 bridgehead atoms. The lowest BCUT2D eigenvalue weighted by molar-refractivity contribution is -0.123. The van der Waals surface area contributed by atoms with Crippen molar-refractivity contribution < 1.29 is 28.6 Å². The first-order valence-electron chi connectivity index (χ1n) is 11.9. The molecule has 0 N–H and O–H groups in total. The highest BCUT2D eigenvalue weighted by Crippen LogP contribution is 2.35. The number of carbonyl (C=O) groups excluding carboxylic acids is 3. The lowest BCUT2D eigenvalue weighted by Gasteiger charge is -2.14. The Hall–Kier alpha value is -3.75. The average Bonchev–Trinajstić information content (AvgIpc) is 3.15. The fourth-order valence-electron chi connectivity index (χ4n) is 3.67. The van der Waals surface area contributed by atoms with E-state index in [0.717, 1.165) is 28.6 Å². The molecule has 0 aliphatic carbocycles. The maximum Gasteiger partial charge on any atom is 0.343 e. The van der Waals surface area contributed by atoms with E-state index >= 15 is 0 Å². The molecular weight excluding hydrogens is 526 g/mol. The Bertz CT molecular complexity index is 1400. The predicted molar refractivity (Wildman–Crippen MR) is 148 cm³/mol. The van der Waals surface area contributed by atoms with Crippen molar-refractivity contribution in [3.05, 3.63) is 92.8 Å². The fraction of sp³-hybridized carbons (Fsp3) is 0.207. The molecule has 1 aliphatic rings. The number of hydrogen-bond acceptors (Lipinski definition) is 7. The number of carbonyl (C=O) groups is 3. The monoisotopic (exact) mass is 551 g/mol. The Morgan fingerprint density at radius 1 is 0.947 bits per heavy atom. The number of imide groups is 1. The molecule has 0 spiro atoms. The molecule has 0 aromatic heterocycles. The van der Waals surface area contributed by atoms with Gasteiger partial charge in [-0.15, -0.1) is 0 Å². The van der Waals surface area contributed by atoms with E-state index in [1.807, 2.05) is 39.0 Å². The Morgan fingerprint density at radius 3 is 2.45 bits per heavy atom. The van der Waals surface area contributed by atoms with Crippen LogP contribution in [0.4, 0.5) is 4.79 Å². The molecule has 0 unspecified atom stereocenters. The zero-order valence-corrected chi connectivity index (χ0v) is 22.7. The summed E-state index contributed by atoms with van der Waals surface area (Å²) in [6, 6.07) is 17.2. The molecule has 3 aromatic carbocycles. The van der Waals surface area contributed by atoms with Gasteiger partial charge in [0.1, 0.15) is 12.4 Å². The normalized spacial score (nSPS) is 14.2. The van der Waals surface area contributed by atoms with E-state index < -0.39 is 5.97 Å². The van der Waals surface area contributed by atoms with Crippen molar-refractivity contribution >= 4 is 46.6 Å². The van der Waals surface area contributed by atoms with Crippen LogP contribution in [-0.4, -0.2) is 41.8 Å². The van der Waals surface area contributed by atoms with Crippen LogP contribution in [0.5, 0.6) is 17.2 Å². The Balaban J connectivity index is 1.45. The van der Waals surface area contributed by atoms with Crippen LogP contribution in [0.25, 0.3) is 6.08 Å². The van der Waals surface area contributed by atoms with E-state index in [0.29, 0.717) is 28.5 Å². The Morgan fingerprint density at radius 2 is 1.71 bits per heavy atom. The molecule has 0 radical (unpaired) electrons. The summed E-state index contributed by atoms with van der Waals surface area (Å²) in [5, 5.41) is 0.156. The molecular formula is C29H26ClNO6S. The molecule has 0 atom stereocenters. The van der Waals surface area contributed by atoms with Gasteiger partial charge in [-0.3, -0.25) is 14.5 Å². The van der Waals surface area contributed by atoms with Gasteiger partial charge in [0.25, 0.3) is 11.1 Å². The number of aryl methyl sites for hydroxylation is 2. The van der Waals surface area contributed by atoms with Gasteiger partial charge in [-0.1, -0.05) is 29.8 Å². The predicted octanol–water partition coefficient (Wildman–Crippen LogP) is 6.69. The van der Waals surface area contributed by atoms with Gasteiger partial charge >= 0.3 is 5.97 Å². The van der Waals surface area contributed by atoms with Crippen LogP contribution in [0, 0.1) is 13.8 Å². The molecule has 1 heterocycles. The van der Waals surface area contributed by atoms with E-state index in [-0.39, 0.29) is 35.0 Å². The van der Waals surface area contributed by atoms with Crippen LogP contribution in [0.15, 0.2) is 65.6 Å². The van der Waals surface area contributed by atoms with Gasteiger partial charge in [0.15, 0.2) is 11.5 Å². The highest BCUT2D eigenvalue weighted by atomic mass is 35.5. The highest BCUT2D eigenvalue weighted by molar-refractivity contribution is 8.18. The molecule has 196 valence electrons. The maximum atomic E-state index is 12.9. The molecule has 4 rings (SSSR count). The first-order chi connectivity index (χ1) is 18.2. The van der Waals surface area contributed by atoms with Crippen molar-refractivity contribution in [2.24, 2.45) is 0 Å². The number of amides is 2. The van der Waals surface area contributed by atoms with Crippen LogP contribution in [-0.2, 0) is 4.79 Å². The first-order valence-corrected chi connectivity index (χ1v) is 13.1. The maximum absolute atomic E-state index is 12.9. The SMILES string of the molecule is CCOc1cc(/C=C2\SC(=O)N(CCOc3cc(C)ccc3C)C2=O)ccc1OC(=O)c1ccc(Cl)cc1. The van der Waals surface area contributed by atoms with E-state index in [4.69, 9.17) is 25.8 Å². The van der Waals surface area contributed by atoms with Gasteiger partial charge in [0.05, 0.1) is 23.6 Å². The second-order valence-corrected chi connectivity index (χ2v) is 9.92. The molecule has 1 aliphatic heterocycles. The summed E-state index contributed by atoms with van der Waals surface area (Å²) < 4.78 is 17.0. The number of benzene rings is 3. The van der Waals surface area contributed by atoms with E-state index in [1.54, 1.807) is 48.5 Å². The number of halogens is 1. The molecule has 7 nitrogen and oxygen atoms in total. The summed E-state index contributed by atoms with van der Waals surface area (Å²) in [4.78, 5) is 39.5. The topological polar surface area (TPSA) is 82.1 Å². The summed E-state index contributed by atoms with van der Waals surface area (Å²) >= 11 is 6.75. The van der Waals surface area contributed by atoms with E-state index in [9.17, 15) is 14.4 Å². The number of rotatable bonds is 9. The Labute approximate surface area is 230 Å². The van der Waals surface area contributed by atoms with Crippen molar-refractivity contribution in [1.29, 1.82) is 0 Å². The minimum atomic E-state index is -0.556. The van der Waals surface area contributed by atoms with Crippen LogP contribution in [0.2, 0.25) is 5.02 Å². The number of nitrogens with zero attached hydrogens (tertiary/aromatic N) is 1. The van der Waals surface area contributed by atoms with Crippen LogP contribution < -0.4 is 14.2 Å².